The molecule has 1 heterocycles. The van der Waals surface area contributed by atoms with Crippen LogP contribution in [-0.4, -0.2) is 13.1 Å². The van der Waals surface area contributed by atoms with Gasteiger partial charge in [-0.3, -0.25) is 0 Å². The van der Waals surface area contributed by atoms with Crippen LogP contribution in [0, 0.1) is 0 Å². The third-order valence-electron chi connectivity index (χ3n) is 4.84. The Kier molecular flexibility index (Phi) is 5.95. The van der Waals surface area contributed by atoms with Crippen molar-refractivity contribution < 1.29 is 4.57 Å². The monoisotopic (exact) mass is 365 g/mol. The molecule has 2 aromatic carbocycles. The molecule has 0 amide bonds. The number of pyridine rings is 1. The highest BCUT2D eigenvalue weighted by atomic mass is 35.5. The van der Waals surface area contributed by atoms with E-state index < -0.39 is 0 Å². The molecule has 0 fully saturated rings. The first kappa shape index (κ1) is 18.5. The van der Waals surface area contributed by atoms with Gasteiger partial charge in [-0.1, -0.05) is 29.8 Å². The first-order valence-corrected chi connectivity index (χ1v) is 9.69. The highest BCUT2D eigenvalue weighted by Crippen LogP contribution is 2.25. The zero-order chi connectivity index (χ0) is 18.5. The Morgan fingerprint density at radius 1 is 0.923 bits per heavy atom. The van der Waals surface area contributed by atoms with Crippen LogP contribution >= 0.6 is 11.6 Å². The highest BCUT2D eigenvalue weighted by molar-refractivity contribution is 6.32. The van der Waals surface area contributed by atoms with Crippen molar-refractivity contribution >= 4 is 40.3 Å². The number of para-hydroxylation sites is 1. The Hall–Kier alpha value is -2.32. The highest BCUT2D eigenvalue weighted by Gasteiger charge is 2.11. The number of benzene rings is 2. The maximum Gasteiger partial charge on any atom is 0.212 e. The van der Waals surface area contributed by atoms with Crippen molar-refractivity contribution in [3.8, 4) is 0 Å². The van der Waals surface area contributed by atoms with Crippen molar-refractivity contribution in [2.24, 2.45) is 0 Å². The van der Waals surface area contributed by atoms with Gasteiger partial charge in [0.05, 0.1) is 0 Å². The quantitative estimate of drug-likeness (QED) is 0.499. The smallest absolute Gasteiger partial charge is 0.212 e. The first-order chi connectivity index (χ1) is 12.7. The zero-order valence-corrected chi connectivity index (χ0v) is 16.5. The molecular formula is C23H26ClN2+. The van der Waals surface area contributed by atoms with Gasteiger partial charge in [0.25, 0.3) is 0 Å². The van der Waals surface area contributed by atoms with Crippen LogP contribution in [0.25, 0.3) is 23.1 Å². The Morgan fingerprint density at radius 2 is 1.69 bits per heavy atom. The van der Waals surface area contributed by atoms with Crippen LogP contribution in [0.2, 0.25) is 5.02 Å². The van der Waals surface area contributed by atoms with E-state index in [2.05, 4.69) is 97.0 Å². The Labute approximate surface area is 161 Å². The lowest BCUT2D eigenvalue weighted by Gasteiger charge is -2.21. The summed E-state index contributed by atoms with van der Waals surface area (Å²) in [6, 6.07) is 19.1. The number of anilines is 1. The fourth-order valence-corrected chi connectivity index (χ4v) is 3.63. The van der Waals surface area contributed by atoms with E-state index in [4.69, 9.17) is 11.6 Å². The molecule has 3 rings (SSSR count). The Morgan fingerprint density at radius 3 is 2.38 bits per heavy atom. The van der Waals surface area contributed by atoms with E-state index in [-0.39, 0.29) is 0 Å². The second-order valence-electron chi connectivity index (χ2n) is 6.27. The number of hydrogen-bond donors (Lipinski definition) is 0. The molecule has 0 radical (unpaired) electrons. The van der Waals surface area contributed by atoms with Crippen LogP contribution in [0.5, 0.6) is 0 Å². The molecule has 0 saturated carbocycles. The van der Waals surface area contributed by atoms with E-state index in [9.17, 15) is 0 Å². The van der Waals surface area contributed by atoms with Crippen LogP contribution in [-0.2, 0) is 6.54 Å². The van der Waals surface area contributed by atoms with Gasteiger partial charge in [0.15, 0.2) is 0 Å². The van der Waals surface area contributed by atoms with E-state index in [1.807, 2.05) is 0 Å². The molecule has 3 heteroatoms. The summed E-state index contributed by atoms with van der Waals surface area (Å²) in [7, 11) is 0. The molecule has 0 atom stereocenters. The first-order valence-electron chi connectivity index (χ1n) is 9.32. The second-order valence-corrected chi connectivity index (χ2v) is 6.68. The molecule has 134 valence electrons. The van der Waals surface area contributed by atoms with Gasteiger partial charge in [0.1, 0.15) is 6.54 Å². The van der Waals surface area contributed by atoms with Gasteiger partial charge in [-0.2, -0.15) is 4.57 Å². The summed E-state index contributed by atoms with van der Waals surface area (Å²) < 4.78 is 2.32. The number of aryl methyl sites for hydroxylation is 1. The number of aromatic nitrogens is 1. The lowest BCUT2D eigenvalue weighted by Crippen LogP contribution is -2.36. The largest absolute Gasteiger partial charge is 0.372 e. The van der Waals surface area contributed by atoms with E-state index in [1.54, 1.807) is 0 Å². The minimum Gasteiger partial charge on any atom is -0.372 e. The topological polar surface area (TPSA) is 7.12 Å². The van der Waals surface area contributed by atoms with E-state index >= 15 is 0 Å². The predicted molar refractivity (Wildman–Crippen MR) is 114 cm³/mol. The summed E-state index contributed by atoms with van der Waals surface area (Å²) in [6.45, 7) is 9.39. The SMILES string of the molecule is CCN(CC)c1ccc(/C=C/c2ccc3ccccc3[n+]2CC)c(Cl)c1. The molecule has 0 N–H and O–H groups in total. The molecule has 26 heavy (non-hydrogen) atoms. The molecule has 0 spiro atoms. The summed E-state index contributed by atoms with van der Waals surface area (Å²) in [5.74, 6) is 0. The molecule has 0 unspecified atom stereocenters. The maximum atomic E-state index is 6.54. The molecule has 3 aromatic rings. The average molecular weight is 366 g/mol. The average Bonchev–Trinajstić information content (AvgIpc) is 2.67. The molecule has 0 aliphatic heterocycles. The van der Waals surface area contributed by atoms with Crippen LogP contribution in [0.1, 0.15) is 32.0 Å². The van der Waals surface area contributed by atoms with Crippen molar-refractivity contribution in [2.75, 3.05) is 18.0 Å². The van der Waals surface area contributed by atoms with Crippen molar-refractivity contribution in [2.45, 2.75) is 27.3 Å². The lowest BCUT2D eigenvalue weighted by atomic mass is 10.1. The van der Waals surface area contributed by atoms with E-state index in [0.717, 1.165) is 30.2 Å². The van der Waals surface area contributed by atoms with Gasteiger partial charge >= 0.3 is 0 Å². The second kappa shape index (κ2) is 8.37. The summed E-state index contributed by atoms with van der Waals surface area (Å²) in [6.07, 6.45) is 4.25. The summed E-state index contributed by atoms with van der Waals surface area (Å²) in [5, 5.41) is 2.04. The number of rotatable bonds is 6. The van der Waals surface area contributed by atoms with Crippen LogP contribution in [0.3, 0.4) is 0 Å². The van der Waals surface area contributed by atoms with Gasteiger partial charge in [0, 0.05) is 47.4 Å². The van der Waals surface area contributed by atoms with Gasteiger partial charge in [-0.15, -0.1) is 0 Å². The number of hydrogen-bond acceptors (Lipinski definition) is 1. The molecule has 1 aromatic heterocycles. The fraction of sp³-hybridized carbons (Fsp3) is 0.261. The minimum atomic E-state index is 0.787. The van der Waals surface area contributed by atoms with Crippen molar-refractivity contribution in [1.82, 2.24) is 0 Å². The van der Waals surface area contributed by atoms with Gasteiger partial charge in [-0.25, -0.2) is 0 Å². The molecule has 0 bridgehead atoms. The molecule has 0 aliphatic carbocycles. The van der Waals surface area contributed by atoms with E-state index in [0.29, 0.717) is 0 Å². The maximum absolute atomic E-state index is 6.54. The molecule has 2 nitrogen and oxygen atoms in total. The zero-order valence-electron chi connectivity index (χ0n) is 15.7. The normalized spacial score (nSPS) is 11.4. The third-order valence-corrected chi connectivity index (χ3v) is 5.16. The lowest BCUT2D eigenvalue weighted by molar-refractivity contribution is -0.669. The summed E-state index contributed by atoms with van der Waals surface area (Å²) in [4.78, 5) is 2.30. The van der Waals surface area contributed by atoms with Crippen LogP contribution in [0.15, 0.2) is 54.6 Å². The molecular weight excluding hydrogens is 340 g/mol. The summed E-state index contributed by atoms with van der Waals surface area (Å²) >= 11 is 6.54. The van der Waals surface area contributed by atoms with Gasteiger partial charge < -0.3 is 4.90 Å². The third kappa shape index (κ3) is 3.76. The fourth-order valence-electron chi connectivity index (χ4n) is 3.39. The van der Waals surface area contributed by atoms with E-state index in [1.165, 1.54) is 22.3 Å². The van der Waals surface area contributed by atoms with Crippen LogP contribution < -0.4 is 9.47 Å². The number of nitrogens with zero attached hydrogens (tertiary/aromatic N) is 2. The minimum absolute atomic E-state index is 0.787. The standard InChI is InChI=1S/C23H26ClN2/c1-4-25(5-2)21-16-12-18(22(24)17-21)11-14-20-15-13-19-9-7-8-10-23(19)26(20)6-3/h7-17H,4-6H2,1-3H3/q+1. The van der Waals surface area contributed by atoms with Gasteiger partial charge in [0.2, 0.25) is 11.2 Å². The number of fused-ring (bicyclic) bond motifs is 1. The predicted octanol–water partition coefficient (Wildman–Crippen LogP) is 5.82. The van der Waals surface area contributed by atoms with Crippen molar-refractivity contribution in [3.05, 3.63) is 70.9 Å². The Bertz CT molecular complexity index is 927. The van der Waals surface area contributed by atoms with Crippen LogP contribution in [0.4, 0.5) is 5.69 Å². The van der Waals surface area contributed by atoms with Crippen molar-refractivity contribution in [3.63, 3.8) is 0 Å². The molecule has 0 saturated heterocycles. The molecule has 0 aliphatic rings. The van der Waals surface area contributed by atoms with Crippen molar-refractivity contribution in [1.29, 1.82) is 0 Å². The Balaban J connectivity index is 1.94. The number of halogens is 1. The summed E-state index contributed by atoms with van der Waals surface area (Å²) in [5.41, 5.74) is 4.64. The van der Waals surface area contributed by atoms with Gasteiger partial charge in [-0.05, 0) is 56.7 Å².